The van der Waals surface area contributed by atoms with Gasteiger partial charge < -0.3 is 5.11 Å². The molecule has 0 aliphatic heterocycles. The minimum absolute atomic E-state index is 0.0444. The molecule has 2 aromatic rings. The fourth-order valence-corrected chi connectivity index (χ4v) is 2.86. The first-order valence-electron chi connectivity index (χ1n) is 6.38. The van der Waals surface area contributed by atoms with Gasteiger partial charge in [-0.1, -0.05) is 30.3 Å². The van der Waals surface area contributed by atoms with Crippen molar-refractivity contribution in [2.75, 3.05) is 0 Å². The van der Waals surface area contributed by atoms with Gasteiger partial charge in [0.1, 0.15) is 5.60 Å². The Balaban J connectivity index is 2.29. The number of rotatable bonds is 1. The van der Waals surface area contributed by atoms with E-state index in [0.29, 0.717) is 0 Å². The van der Waals surface area contributed by atoms with Crippen molar-refractivity contribution >= 4 is 0 Å². The molecule has 1 aliphatic carbocycles. The van der Waals surface area contributed by atoms with Crippen LogP contribution in [0.3, 0.4) is 0 Å². The summed E-state index contributed by atoms with van der Waals surface area (Å²) in [4.78, 5) is 4.37. The van der Waals surface area contributed by atoms with Gasteiger partial charge in [-0.15, -0.1) is 0 Å². The number of benzene rings is 1. The molecule has 0 spiro atoms. The standard InChI is InChI=1S/C16H14N2O/c17-10-9-16(19)13-5-2-1-4-12(13)7-8-15-14(16)6-3-11-18-15/h1-6,11,19H,7-9H2. The summed E-state index contributed by atoms with van der Waals surface area (Å²) in [6.07, 6.45) is 3.42. The highest BCUT2D eigenvalue weighted by molar-refractivity contribution is 5.46. The molecule has 1 N–H and O–H groups in total. The zero-order valence-corrected chi connectivity index (χ0v) is 10.5. The minimum Gasteiger partial charge on any atom is -0.379 e. The third-order valence-electron chi connectivity index (χ3n) is 3.76. The average molecular weight is 250 g/mol. The Kier molecular flexibility index (Phi) is 2.81. The van der Waals surface area contributed by atoms with E-state index < -0.39 is 5.60 Å². The van der Waals surface area contributed by atoms with E-state index in [2.05, 4.69) is 11.1 Å². The Hall–Kier alpha value is -2.18. The molecule has 3 rings (SSSR count). The summed E-state index contributed by atoms with van der Waals surface area (Å²) in [6, 6.07) is 13.6. The lowest BCUT2D eigenvalue weighted by molar-refractivity contribution is 0.0849. The third-order valence-corrected chi connectivity index (χ3v) is 3.76. The molecule has 3 nitrogen and oxygen atoms in total. The molecule has 1 aromatic carbocycles. The number of pyridine rings is 1. The van der Waals surface area contributed by atoms with Crippen molar-refractivity contribution in [3.8, 4) is 6.07 Å². The van der Waals surface area contributed by atoms with E-state index in [9.17, 15) is 5.11 Å². The van der Waals surface area contributed by atoms with Crippen LogP contribution in [0.15, 0.2) is 42.6 Å². The Morgan fingerprint density at radius 2 is 1.95 bits per heavy atom. The zero-order chi connectivity index (χ0) is 13.3. The molecule has 0 saturated heterocycles. The van der Waals surface area contributed by atoms with Crippen LogP contribution in [0.2, 0.25) is 0 Å². The molecule has 1 aromatic heterocycles. The van der Waals surface area contributed by atoms with Crippen LogP contribution < -0.4 is 0 Å². The second-order valence-electron chi connectivity index (χ2n) is 4.85. The molecular weight excluding hydrogens is 236 g/mol. The van der Waals surface area contributed by atoms with Gasteiger partial charge in [-0.2, -0.15) is 5.26 Å². The summed E-state index contributed by atoms with van der Waals surface area (Å²) in [7, 11) is 0. The Labute approximate surface area is 112 Å². The second-order valence-corrected chi connectivity index (χ2v) is 4.85. The smallest absolute Gasteiger partial charge is 0.130 e. The van der Waals surface area contributed by atoms with Crippen LogP contribution in [0.1, 0.15) is 28.8 Å². The zero-order valence-electron chi connectivity index (χ0n) is 10.5. The van der Waals surface area contributed by atoms with Gasteiger partial charge in [0.15, 0.2) is 0 Å². The number of aromatic nitrogens is 1. The highest BCUT2D eigenvalue weighted by Crippen LogP contribution is 2.39. The van der Waals surface area contributed by atoms with E-state index in [1.54, 1.807) is 6.20 Å². The number of aliphatic hydroxyl groups is 1. The van der Waals surface area contributed by atoms with E-state index in [1.165, 1.54) is 0 Å². The normalized spacial score (nSPS) is 20.8. The van der Waals surface area contributed by atoms with Crippen LogP contribution in [0.25, 0.3) is 0 Å². The SMILES string of the molecule is N#CCC1(O)c2ccccc2CCc2ncccc21. The van der Waals surface area contributed by atoms with Crippen molar-refractivity contribution in [1.29, 1.82) is 5.26 Å². The van der Waals surface area contributed by atoms with E-state index in [-0.39, 0.29) is 6.42 Å². The molecule has 0 amide bonds. The van der Waals surface area contributed by atoms with Crippen molar-refractivity contribution in [3.05, 3.63) is 65.0 Å². The first-order chi connectivity index (χ1) is 9.25. The predicted octanol–water partition coefficient (Wildman–Crippen LogP) is 2.33. The Morgan fingerprint density at radius 1 is 1.16 bits per heavy atom. The van der Waals surface area contributed by atoms with Crippen molar-refractivity contribution in [3.63, 3.8) is 0 Å². The fraction of sp³-hybridized carbons (Fsp3) is 0.250. The highest BCUT2D eigenvalue weighted by atomic mass is 16.3. The molecular formula is C16H14N2O. The number of fused-ring (bicyclic) bond motifs is 2. The third kappa shape index (κ3) is 1.81. The van der Waals surface area contributed by atoms with Gasteiger partial charge >= 0.3 is 0 Å². The van der Waals surface area contributed by atoms with Crippen molar-refractivity contribution in [1.82, 2.24) is 4.98 Å². The summed E-state index contributed by atoms with van der Waals surface area (Å²) < 4.78 is 0. The maximum Gasteiger partial charge on any atom is 0.130 e. The van der Waals surface area contributed by atoms with Crippen LogP contribution in [0.5, 0.6) is 0 Å². The van der Waals surface area contributed by atoms with E-state index in [1.807, 2.05) is 36.4 Å². The first-order valence-corrected chi connectivity index (χ1v) is 6.38. The van der Waals surface area contributed by atoms with Gasteiger partial charge in [-0.3, -0.25) is 4.98 Å². The van der Waals surface area contributed by atoms with Gasteiger partial charge in [-0.25, -0.2) is 0 Å². The maximum atomic E-state index is 11.1. The van der Waals surface area contributed by atoms with Crippen LogP contribution in [0.4, 0.5) is 0 Å². The van der Waals surface area contributed by atoms with Gasteiger partial charge in [0.2, 0.25) is 0 Å². The van der Waals surface area contributed by atoms with Gasteiger partial charge in [0, 0.05) is 17.5 Å². The summed E-state index contributed by atoms with van der Waals surface area (Å²) in [5, 5.41) is 20.2. The van der Waals surface area contributed by atoms with E-state index >= 15 is 0 Å². The van der Waals surface area contributed by atoms with Crippen molar-refractivity contribution < 1.29 is 5.11 Å². The molecule has 19 heavy (non-hydrogen) atoms. The van der Waals surface area contributed by atoms with E-state index in [0.717, 1.165) is 35.2 Å². The molecule has 94 valence electrons. The predicted molar refractivity (Wildman–Crippen MR) is 71.3 cm³/mol. The lowest BCUT2D eigenvalue weighted by Gasteiger charge is -2.28. The van der Waals surface area contributed by atoms with Crippen LogP contribution in [-0.4, -0.2) is 10.1 Å². The van der Waals surface area contributed by atoms with Gasteiger partial charge in [0.25, 0.3) is 0 Å². The number of hydrogen-bond donors (Lipinski definition) is 1. The molecule has 0 bridgehead atoms. The summed E-state index contributed by atoms with van der Waals surface area (Å²) in [6.45, 7) is 0. The topological polar surface area (TPSA) is 56.9 Å². The maximum absolute atomic E-state index is 11.1. The first kappa shape index (κ1) is 11.9. The fourth-order valence-electron chi connectivity index (χ4n) is 2.86. The molecule has 1 aliphatic rings. The number of aryl methyl sites for hydroxylation is 2. The van der Waals surface area contributed by atoms with Crippen LogP contribution in [0, 0.1) is 11.3 Å². The lowest BCUT2D eigenvalue weighted by atomic mass is 9.82. The van der Waals surface area contributed by atoms with Gasteiger partial charge in [0.05, 0.1) is 12.5 Å². The monoisotopic (exact) mass is 250 g/mol. The summed E-state index contributed by atoms with van der Waals surface area (Å²) in [5.74, 6) is 0. The minimum atomic E-state index is -1.24. The van der Waals surface area contributed by atoms with Crippen LogP contribution in [-0.2, 0) is 18.4 Å². The van der Waals surface area contributed by atoms with Crippen molar-refractivity contribution in [2.24, 2.45) is 0 Å². The average Bonchev–Trinajstić information content (AvgIpc) is 2.57. The molecule has 0 saturated carbocycles. The van der Waals surface area contributed by atoms with E-state index in [4.69, 9.17) is 5.26 Å². The Bertz CT molecular complexity index is 610. The molecule has 1 atom stereocenters. The molecule has 3 heteroatoms. The van der Waals surface area contributed by atoms with Gasteiger partial charge in [-0.05, 0) is 30.0 Å². The summed E-state index contributed by atoms with van der Waals surface area (Å²) in [5.41, 5.74) is 2.34. The number of nitrogens with zero attached hydrogens (tertiary/aromatic N) is 2. The highest BCUT2D eigenvalue weighted by Gasteiger charge is 2.37. The molecule has 0 radical (unpaired) electrons. The number of nitriles is 1. The lowest BCUT2D eigenvalue weighted by Crippen LogP contribution is -2.28. The molecule has 1 unspecified atom stereocenters. The van der Waals surface area contributed by atoms with Crippen LogP contribution >= 0.6 is 0 Å². The Morgan fingerprint density at radius 3 is 2.79 bits per heavy atom. The molecule has 0 fully saturated rings. The quantitative estimate of drug-likeness (QED) is 0.845. The molecule has 1 heterocycles. The second kappa shape index (κ2) is 4.49. The van der Waals surface area contributed by atoms with Crippen molar-refractivity contribution in [2.45, 2.75) is 24.9 Å². The number of hydrogen-bond acceptors (Lipinski definition) is 3. The largest absolute Gasteiger partial charge is 0.379 e. The summed E-state index contributed by atoms with van der Waals surface area (Å²) >= 11 is 0.